The number of oxime groups is 1. The highest BCUT2D eigenvalue weighted by atomic mass is 35.5. The Morgan fingerprint density at radius 2 is 1.78 bits per heavy atom. The predicted molar refractivity (Wildman–Crippen MR) is 122 cm³/mol. The fourth-order valence-corrected chi connectivity index (χ4v) is 6.02. The van der Waals surface area contributed by atoms with Crippen molar-refractivity contribution in [2.24, 2.45) is 10.6 Å². The summed E-state index contributed by atoms with van der Waals surface area (Å²) >= 11 is 6.42. The maximum atomic E-state index is 13.7. The minimum atomic E-state index is -3.96. The first kappa shape index (κ1) is 20.6. The molecule has 0 amide bonds. The highest BCUT2D eigenvalue weighted by Gasteiger charge is 2.58. The van der Waals surface area contributed by atoms with E-state index in [2.05, 4.69) is 11.2 Å². The number of nitrogens with zero attached hydrogens (tertiary/aromatic N) is 3. The Balaban J connectivity index is 1.71. The molecule has 8 heteroatoms. The lowest BCUT2D eigenvalue weighted by Gasteiger charge is -2.39. The van der Waals surface area contributed by atoms with E-state index in [-0.39, 0.29) is 11.4 Å². The first-order chi connectivity index (χ1) is 15.4. The van der Waals surface area contributed by atoms with Crippen LogP contribution in [0.15, 0.2) is 82.8 Å². The number of sulfonamides is 1. The molecule has 0 saturated heterocycles. The van der Waals surface area contributed by atoms with Gasteiger partial charge in [-0.3, -0.25) is 4.31 Å². The van der Waals surface area contributed by atoms with E-state index in [4.69, 9.17) is 16.4 Å². The van der Waals surface area contributed by atoms with Crippen LogP contribution in [-0.2, 0) is 14.9 Å². The molecule has 0 spiro atoms. The second kappa shape index (κ2) is 7.37. The van der Waals surface area contributed by atoms with Crippen molar-refractivity contribution in [3.8, 4) is 6.07 Å². The van der Waals surface area contributed by atoms with Gasteiger partial charge in [-0.05, 0) is 31.2 Å². The molecule has 160 valence electrons. The lowest BCUT2D eigenvalue weighted by molar-refractivity contribution is 0.0444. The zero-order valence-electron chi connectivity index (χ0n) is 17.1. The highest BCUT2D eigenvalue weighted by molar-refractivity contribution is 7.92. The van der Waals surface area contributed by atoms with E-state index >= 15 is 0 Å². The molecule has 5 rings (SSSR count). The van der Waals surface area contributed by atoms with Crippen LogP contribution in [0.1, 0.15) is 22.8 Å². The molecule has 0 radical (unpaired) electrons. The topological polar surface area (TPSA) is 82.8 Å². The molecule has 2 aliphatic heterocycles. The molecular formula is C24H18ClN3O3S. The second-order valence-electron chi connectivity index (χ2n) is 7.87. The average Bonchev–Trinajstić information content (AvgIpc) is 3.19. The third-order valence-corrected chi connectivity index (χ3v) is 8.05. The maximum Gasteiger partial charge on any atom is 0.264 e. The lowest BCUT2D eigenvalue weighted by atomic mass is 9.72. The maximum absolute atomic E-state index is 13.7. The number of benzene rings is 3. The van der Waals surface area contributed by atoms with Crippen LogP contribution >= 0.6 is 11.6 Å². The zero-order chi connectivity index (χ0) is 22.5. The van der Waals surface area contributed by atoms with E-state index < -0.39 is 21.5 Å². The monoisotopic (exact) mass is 463 g/mol. The van der Waals surface area contributed by atoms with E-state index in [1.54, 1.807) is 72.8 Å². The van der Waals surface area contributed by atoms with E-state index in [9.17, 15) is 13.7 Å². The Bertz CT molecular complexity index is 1400. The van der Waals surface area contributed by atoms with Gasteiger partial charge in [-0.25, -0.2) is 8.42 Å². The molecule has 6 nitrogen and oxygen atoms in total. The molecule has 3 aromatic rings. The molecule has 0 saturated carbocycles. The Hall–Kier alpha value is -3.34. The van der Waals surface area contributed by atoms with E-state index in [1.807, 2.05) is 6.92 Å². The molecule has 2 atom stereocenters. The number of nitriles is 1. The van der Waals surface area contributed by atoms with Gasteiger partial charge in [0.25, 0.3) is 10.0 Å². The largest absolute Gasteiger partial charge is 0.385 e. The fraction of sp³-hybridized carbons (Fsp3) is 0.167. The Morgan fingerprint density at radius 1 is 1.09 bits per heavy atom. The summed E-state index contributed by atoms with van der Waals surface area (Å²) in [4.78, 5) is 5.91. The standard InChI is InChI=1S/C24H18ClN3O3S/c1-16-10-12-17(13-11-16)32(29,30)28-15-24(14-26)22(19-7-3-5-9-21(19)28)27-31-23(24)18-6-2-4-8-20(18)25/h2-13,23H,15H2,1H3/t23-,24-/m0/s1. The molecule has 0 aromatic heterocycles. The van der Waals surface area contributed by atoms with Gasteiger partial charge < -0.3 is 4.84 Å². The van der Waals surface area contributed by atoms with Crippen molar-refractivity contribution in [2.45, 2.75) is 17.9 Å². The number of hydrogen-bond donors (Lipinski definition) is 0. The Labute approximate surface area is 191 Å². The van der Waals surface area contributed by atoms with Gasteiger partial charge in [-0.2, -0.15) is 5.26 Å². The minimum Gasteiger partial charge on any atom is -0.385 e. The highest BCUT2D eigenvalue weighted by Crippen LogP contribution is 2.52. The van der Waals surface area contributed by atoms with Crippen molar-refractivity contribution in [3.63, 3.8) is 0 Å². The van der Waals surface area contributed by atoms with Gasteiger partial charge in [0.2, 0.25) is 0 Å². The van der Waals surface area contributed by atoms with Gasteiger partial charge in [-0.1, -0.05) is 70.9 Å². The second-order valence-corrected chi connectivity index (χ2v) is 10.1. The molecular weight excluding hydrogens is 446 g/mol. The number of hydrogen-bond acceptors (Lipinski definition) is 5. The third kappa shape index (κ3) is 2.91. The van der Waals surface area contributed by atoms with E-state index in [0.29, 0.717) is 27.5 Å². The van der Waals surface area contributed by atoms with Crippen LogP contribution in [0.5, 0.6) is 0 Å². The predicted octanol–water partition coefficient (Wildman–Crippen LogP) is 4.84. The van der Waals surface area contributed by atoms with E-state index in [0.717, 1.165) is 5.56 Å². The van der Waals surface area contributed by atoms with Crippen LogP contribution in [0.25, 0.3) is 0 Å². The molecule has 2 aliphatic rings. The first-order valence-electron chi connectivity index (χ1n) is 9.97. The van der Waals surface area contributed by atoms with Crippen LogP contribution in [-0.4, -0.2) is 20.7 Å². The smallest absolute Gasteiger partial charge is 0.264 e. The summed E-state index contributed by atoms with van der Waals surface area (Å²) in [6.07, 6.45) is -0.847. The van der Waals surface area contributed by atoms with Crippen LogP contribution in [0.4, 0.5) is 5.69 Å². The minimum absolute atomic E-state index is 0.147. The van der Waals surface area contributed by atoms with Crippen molar-refractivity contribution >= 4 is 33.0 Å². The van der Waals surface area contributed by atoms with Gasteiger partial charge in [0.05, 0.1) is 23.2 Å². The zero-order valence-corrected chi connectivity index (χ0v) is 18.6. The summed E-state index contributed by atoms with van der Waals surface area (Å²) in [5.41, 5.74) is 1.59. The van der Waals surface area contributed by atoms with Gasteiger partial charge >= 0.3 is 0 Å². The molecule has 3 aromatic carbocycles. The molecule has 0 unspecified atom stereocenters. The first-order valence-corrected chi connectivity index (χ1v) is 11.8. The van der Waals surface area contributed by atoms with Crippen molar-refractivity contribution in [2.75, 3.05) is 10.8 Å². The van der Waals surface area contributed by atoms with Gasteiger partial charge in [-0.15, -0.1) is 0 Å². The van der Waals surface area contributed by atoms with Gasteiger partial charge in [0.1, 0.15) is 5.71 Å². The summed E-state index contributed by atoms with van der Waals surface area (Å²) in [5.74, 6) is 0. The van der Waals surface area contributed by atoms with Crippen molar-refractivity contribution < 1.29 is 13.3 Å². The molecule has 2 heterocycles. The summed E-state index contributed by atoms with van der Waals surface area (Å²) in [5, 5.41) is 15.1. The summed E-state index contributed by atoms with van der Waals surface area (Å²) < 4.78 is 28.7. The number of halogens is 1. The van der Waals surface area contributed by atoms with Crippen LogP contribution in [0, 0.1) is 23.7 Å². The Morgan fingerprint density at radius 3 is 2.50 bits per heavy atom. The third-order valence-electron chi connectivity index (χ3n) is 5.94. The summed E-state index contributed by atoms with van der Waals surface area (Å²) in [6.45, 7) is 1.75. The molecule has 0 aliphatic carbocycles. The van der Waals surface area contributed by atoms with Crippen LogP contribution in [0.2, 0.25) is 5.02 Å². The molecule has 0 N–H and O–H groups in total. The normalized spacial score (nSPS) is 21.7. The SMILES string of the molecule is Cc1ccc(S(=O)(=O)N2C[C@@]3(C#N)C(=NO[C@H]3c3ccccc3Cl)c3ccccc32)cc1. The number of aryl methyl sites for hydroxylation is 1. The van der Waals surface area contributed by atoms with Gasteiger partial charge in [0, 0.05) is 16.1 Å². The van der Waals surface area contributed by atoms with Crippen LogP contribution in [0.3, 0.4) is 0 Å². The average molecular weight is 464 g/mol. The number of anilines is 1. The number of para-hydroxylation sites is 1. The van der Waals surface area contributed by atoms with Gasteiger partial charge in [0.15, 0.2) is 11.5 Å². The number of fused-ring (bicyclic) bond motifs is 3. The summed E-state index contributed by atoms with van der Waals surface area (Å²) in [7, 11) is -3.96. The van der Waals surface area contributed by atoms with Crippen LogP contribution < -0.4 is 4.31 Å². The number of rotatable bonds is 3. The van der Waals surface area contributed by atoms with Crippen molar-refractivity contribution in [3.05, 3.63) is 94.5 Å². The van der Waals surface area contributed by atoms with Crippen molar-refractivity contribution in [1.29, 1.82) is 5.26 Å². The quantitative estimate of drug-likeness (QED) is 0.556. The lowest BCUT2D eigenvalue weighted by Crippen LogP contribution is -2.50. The van der Waals surface area contributed by atoms with Crippen molar-refractivity contribution in [1.82, 2.24) is 0 Å². The fourth-order valence-electron chi connectivity index (χ4n) is 4.26. The molecule has 0 bridgehead atoms. The van der Waals surface area contributed by atoms with E-state index in [1.165, 1.54) is 4.31 Å². The molecule has 0 fully saturated rings. The Kier molecular flexibility index (Phi) is 4.73. The molecule has 32 heavy (non-hydrogen) atoms. The summed E-state index contributed by atoms with van der Waals surface area (Å²) in [6, 6.07) is 23.1.